The Morgan fingerprint density at radius 1 is 0.872 bits per heavy atom. The van der Waals surface area contributed by atoms with Crippen molar-refractivity contribution in [3.05, 3.63) is 108 Å². The van der Waals surface area contributed by atoms with Crippen LogP contribution in [0.2, 0.25) is 0 Å². The van der Waals surface area contributed by atoms with Crippen LogP contribution in [0.25, 0.3) is 11.1 Å². The first-order valence-electron chi connectivity index (χ1n) is 12.2. The van der Waals surface area contributed by atoms with E-state index in [1.165, 1.54) is 12.0 Å². The van der Waals surface area contributed by atoms with Gasteiger partial charge >= 0.3 is 5.97 Å². The number of aryl methyl sites for hydroxylation is 1. The lowest BCUT2D eigenvalue weighted by molar-refractivity contribution is -0.139. The summed E-state index contributed by atoms with van der Waals surface area (Å²) >= 11 is 0. The van der Waals surface area contributed by atoms with E-state index in [4.69, 9.17) is 14.6 Å². The Morgan fingerprint density at radius 2 is 1.56 bits per heavy atom. The molecule has 2 amide bonds. The van der Waals surface area contributed by atoms with Gasteiger partial charge < -0.3 is 24.8 Å². The normalized spacial score (nSPS) is 10.4. The molecular weight excluding hydrogens is 496 g/mol. The first kappa shape index (κ1) is 26.9. The topological polar surface area (TPSA) is 105 Å². The fourth-order valence-corrected chi connectivity index (χ4v) is 4.08. The summed E-state index contributed by atoms with van der Waals surface area (Å²) < 4.78 is 10.8. The number of carbonyl (C=O) groups excluding carboxylic acids is 2. The third-order valence-corrected chi connectivity index (χ3v) is 6.11. The number of nitrogens with zero attached hydrogens (tertiary/aromatic N) is 1. The predicted octanol–water partition coefficient (Wildman–Crippen LogP) is 5.66. The number of hydrogen-bond donors (Lipinski definition) is 2. The van der Waals surface area contributed by atoms with Crippen molar-refractivity contribution in [3.63, 3.8) is 0 Å². The summed E-state index contributed by atoms with van der Waals surface area (Å²) in [5.74, 6) is -1.24. The molecule has 4 aromatic carbocycles. The third kappa shape index (κ3) is 6.24. The number of rotatable bonds is 9. The lowest BCUT2D eigenvalue weighted by atomic mass is 9.98. The molecule has 0 aliphatic rings. The molecule has 0 aromatic heterocycles. The fraction of sp³-hybridized carbons (Fsp3) is 0.129. The standard InChI is InChI=1S/C31H28N2O6/c1-20-12-14-21(15-13-20)23-8-4-5-9-24(23)30(36)32-25-17-16-22(18-28(25)38-3)31(37)33(2)26-10-6-7-11-27(26)39-19-29(34)35/h4-18H,19H2,1-3H3,(H,32,36)(H,34,35). The number of hydrogen-bond acceptors (Lipinski definition) is 5. The third-order valence-electron chi connectivity index (χ3n) is 6.11. The van der Waals surface area contributed by atoms with Gasteiger partial charge in [0.15, 0.2) is 6.61 Å². The molecule has 4 rings (SSSR count). The minimum atomic E-state index is -1.12. The van der Waals surface area contributed by atoms with Crippen molar-refractivity contribution >= 4 is 29.2 Å². The molecule has 0 aliphatic carbocycles. The number of amides is 2. The predicted molar refractivity (Wildman–Crippen MR) is 150 cm³/mol. The summed E-state index contributed by atoms with van der Waals surface area (Å²) in [5.41, 5.74) is 4.48. The zero-order valence-electron chi connectivity index (χ0n) is 21.8. The first-order chi connectivity index (χ1) is 18.8. The molecule has 0 saturated heterocycles. The van der Waals surface area contributed by atoms with E-state index in [1.54, 1.807) is 61.6 Å². The van der Waals surface area contributed by atoms with E-state index in [9.17, 15) is 14.4 Å². The Labute approximate surface area is 226 Å². The highest BCUT2D eigenvalue weighted by Crippen LogP contribution is 2.32. The van der Waals surface area contributed by atoms with E-state index in [0.29, 0.717) is 28.3 Å². The van der Waals surface area contributed by atoms with E-state index < -0.39 is 12.6 Å². The summed E-state index contributed by atoms with van der Waals surface area (Å²) in [4.78, 5) is 38.9. The van der Waals surface area contributed by atoms with E-state index in [2.05, 4.69) is 5.32 Å². The molecule has 0 heterocycles. The van der Waals surface area contributed by atoms with E-state index in [-0.39, 0.29) is 17.6 Å². The van der Waals surface area contributed by atoms with Crippen LogP contribution in [0.3, 0.4) is 0 Å². The number of methoxy groups -OCH3 is 1. The van der Waals surface area contributed by atoms with Crippen LogP contribution >= 0.6 is 0 Å². The number of benzene rings is 4. The van der Waals surface area contributed by atoms with Crippen molar-refractivity contribution in [2.45, 2.75) is 6.92 Å². The van der Waals surface area contributed by atoms with Crippen LogP contribution in [0.4, 0.5) is 11.4 Å². The monoisotopic (exact) mass is 524 g/mol. The van der Waals surface area contributed by atoms with Crippen LogP contribution in [0.15, 0.2) is 91.0 Å². The highest BCUT2D eigenvalue weighted by atomic mass is 16.5. The van der Waals surface area contributed by atoms with Crippen LogP contribution in [0.1, 0.15) is 26.3 Å². The molecule has 39 heavy (non-hydrogen) atoms. The average Bonchev–Trinajstić information content (AvgIpc) is 2.96. The Hall–Kier alpha value is -5.11. The van der Waals surface area contributed by atoms with Crippen molar-refractivity contribution in [2.24, 2.45) is 0 Å². The second-order valence-corrected chi connectivity index (χ2v) is 8.80. The Morgan fingerprint density at radius 3 is 2.28 bits per heavy atom. The highest BCUT2D eigenvalue weighted by molar-refractivity contribution is 6.10. The number of anilines is 2. The first-order valence-corrected chi connectivity index (χ1v) is 12.2. The van der Waals surface area contributed by atoms with E-state index >= 15 is 0 Å². The van der Waals surface area contributed by atoms with Crippen LogP contribution < -0.4 is 19.7 Å². The molecule has 0 spiro atoms. The molecule has 8 nitrogen and oxygen atoms in total. The van der Waals surface area contributed by atoms with E-state index in [1.807, 2.05) is 43.3 Å². The molecule has 0 radical (unpaired) electrons. The van der Waals surface area contributed by atoms with Gasteiger partial charge in [-0.1, -0.05) is 60.2 Å². The summed E-state index contributed by atoms with van der Waals surface area (Å²) in [6.07, 6.45) is 0. The highest BCUT2D eigenvalue weighted by Gasteiger charge is 2.20. The van der Waals surface area contributed by atoms with Gasteiger partial charge in [0, 0.05) is 18.2 Å². The lowest BCUT2D eigenvalue weighted by Gasteiger charge is -2.21. The molecule has 8 heteroatoms. The van der Waals surface area contributed by atoms with Crippen LogP contribution in [0, 0.1) is 6.92 Å². The Bertz CT molecular complexity index is 1510. The van der Waals surface area contributed by atoms with Gasteiger partial charge in [0.05, 0.1) is 18.5 Å². The number of para-hydroxylation sites is 2. The van der Waals surface area contributed by atoms with Crippen molar-refractivity contribution in [2.75, 3.05) is 31.0 Å². The fourth-order valence-electron chi connectivity index (χ4n) is 4.08. The molecule has 198 valence electrons. The summed E-state index contributed by atoms with van der Waals surface area (Å²) in [5, 5.41) is 11.8. The minimum Gasteiger partial charge on any atom is -0.495 e. The molecule has 0 atom stereocenters. The van der Waals surface area contributed by atoms with Gasteiger partial charge in [0.1, 0.15) is 11.5 Å². The van der Waals surface area contributed by atoms with Gasteiger partial charge in [-0.25, -0.2) is 4.79 Å². The number of ether oxygens (including phenoxy) is 2. The van der Waals surface area contributed by atoms with Crippen LogP contribution in [-0.4, -0.2) is 43.7 Å². The number of nitrogens with one attached hydrogen (secondary N) is 1. The van der Waals surface area contributed by atoms with Crippen molar-refractivity contribution < 1.29 is 29.0 Å². The maximum atomic E-state index is 13.3. The maximum Gasteiger partial charge on any atom is 0.341 e. The molecule has 0 fully saturated rings. The number of carboxylic acid groups (broad SMARTS) is 1. The summed E-state index contributed by atoms with van der Waals surface area (Å²) in [6, 6.07) is 26.7. The number of carboxylic acids is 1. The van der Waals surface area contributed by atoms with Crippen molar-refractivity contribution in [1.29, 1.82) is 0 Å². The summed E-state index contributed by atoms with van der Waals surface area (Å²) in [7, 11) is 3.02. The largest absolute Gasteiger partial charge is 0.495 e. The smallest absolute Gasteiger partial charge is 0.341 e. The Balaban J connectivity index is 1.57. The van der Waals surface area contributed by atoms with E-state index in [0.717, 1.165) is 16.7 Å². The van der Waals surface area contributed by atoms with Crippen LogP contribution in [-0.2, 0) is 4.79 Å². The quantitative estimate of drug-likeness (QED) is 0.293. The molecule has 2 N–H and O–H groups in total. The number of carbonyl (C=O) groups is 3. The second-order valence-electron chi connectivity index (χ2n) is 8.80. The lowest BCUT2D eigenvalue weighted by Crippen LogP contribution is -2.27. The average molecular weight is 525 g/mol. The Kier molecular flexibility index (Phi) is 8.26. The molecule has 4 aromatic rings. The molecule has 0 saturated carbocycles. The van der Waals surface area contributed by atoms with Crippen molar-refractivity contribution in [1.82, 2.24) is 0 Å². The van der Waals surface area contributed by atoms with Gasteiger partial charge in [0.2, 0.25) is 0 Å². The van der Waals surface area contributed by atoms with Gasteiger partial charge in [-0.15, -0.1) is 0 Å². The van der Waals surface area contributed by atoms with Gasteiger partial charge in [0.25, 0.3) is 11.8 Å². The molecular formula is C31H28N2O6. The number of aliphatic carboxylic acids is 1. The zero-order valence-corrected chi connectivity index (χ0v) is 21.8. The van der Waals surface area contributed by atoms with Crippen molar-refractivity contribution in [3.8, 4) is 22.6 Å². The summed E-state index contributed by atoms with van der Waals surface area (Å²) in [6.45, 7) is 1.47. The van der Waals surface area contributed by atoms with Gasteiger partial charge in [-0.3, -0.25) is 9.59 Å². The van der Waals surface area contributed by atoms with Gasteiger partial charge in [-0.2, -0.15) is 0 Å². The molecule has 0 unspecified atom stereocenters. The minimum absolute atomic E-state index is 0.263. The molecule has 0 aliphatic heterocycles. The maximum absolute atomic E-state index is 13.3. The van der Waals surface area contributed by atoms with Crippen LogP contribution in [0.5, 0.6) is 11.5 Å². The molecule has 0 bridgehead atoms. The van der Waals surface area contributed by atoms with Gasteiger partial charge in [-0.05, 0) is 54.4 Å². The zero-order chi connectivity index (χ0) is 27.9. The second kappa shape index (κ2) is 12.0. The SMILES string of the molecule is COc1cc(C(=O)N(C)c2ccccc2OCC(=O)O)ccc1NC(=O)c1ccccc1-c1ccc(C)cc1.